The molecule has 0 aromatic heterocycles. The van der Waals surface area contributed by atoms with Crippen LogP contribution in [0.15, 0.2) is 24.3 Å². The van der Waals surface area contributed by atoms with Gasteiger partial charge in [0.25, 0.3) is 0 Å². The summed E-state index contributed by atoms with van der Waals surface area (Å²) in [7, 11) is 1.71. The topological polar surface area (TPSA) is 140 Å². The fourth-order valence-electron chi connectivity index (χ4n) is 2.51. The number of carbonyl (C=O) groups is 4. The summed E-state index contributed by atoms with van der Waals surface area (Å²) in [6.45, 7) is -0.319. The highest BCUT2D eigenvalue weighted by molar-refractivity contribution is 7.80. The highest BCUT2D eigenvalue weighted by Gasteiger charge is 2.22. The SMILES string of the molecule is CNC(=S)Nc1ccc(NC(=O)CNC(=O)[C@@H]2CCC(=O)NCC(=O)CN2)cc1. The highest BCUT2D eigenvalue weighted by atomic mass is 32.1. The van der Waals surface area contributed by atoms with E-state index in [1.807, 2.05) is 0 Å². The van der Waals surface area contributed by atoms with Gasteiger partial charge in [-0.2, -0.15) is 0 Å². The van der Waals surface area contributed by atoms with Gasteiger partial charge in [-0.15, -0.1) is 0 Å². The lowest BCUT2D eigenvalue weighted by atomic mass is 10.1. The van der Waals surface area contributed by atoms with Crippen molar-refractivity contribution in [3.63, 3.8) is 0 Å². The molecule has 156 valence electrons. The number of hydrogen-bond acceptors (Lipinski definition) is 6. The summed E-state index contributed by atoms with van der Waals surface area (Å²) >= 11 is 5.01. The Morgan fingerprint density at radius 2 is 1.76 bits per heavy atom. The molecule has 11 heteroatoms. The Morgan fingerprint density at radius 3 is 2.41 bits per heavy atom. The molecule has 6 N–H and O–H groups in total. The molecule has 2 rings (SSSR count). The van der Waals surface area contributed by atoms with Crippen LogP contribution in [0.4, 0.5) is 11.4 Å². The number of nitrogens with one attached hydrogen (secondary N) is 6. The van der Waals surface area contributed by atoms with Crippen LogP contribution >= 0.6 is 12.2 Å². The van der Waals surface area contributed by atoms with Crippen molar-refractivity contribution in [1.29, 1.82) is 0 Å². The van der Waals surface area contributed by atoms with E-state index < -0.39 is 17.9 Å². The average Bonchev–Trinajstić information content (AvgIpc) is 2.79. The zero-order chi connectivity index (χ0) is 21.2. The first kappa shape index (κ1) is 22.2. The van der Waals surface area contributed by atoms with Crippen molar-refractivity contribution < 1.29 is 19.2 Å². The third-order valence-corrected chi connectivity index (χ3v) is 4.39. The predicted octanol–water partition coefficient (Wildman–Crippen LogP) is -0.905. The van der Waals surface area contributed by atoms with Crippen molar-refractivity contribution in [1.82, 2.24) is 21.3 Å². The molecule has 29 heavy (non-hydrogen) atoms. The van der Waals surface area contributed by atoms with Gasteiger partial charge >= 0.3 is 0 Å². The third kappa shape index (κ3) is 7.84. The number of benzene rings is 1. The summed E-state index contributed by atoms with van der Waals surface area (Å²) in [6.07, 6.45) is 0.345. The van der Waals surface area contributed by atoms with E-state index in [0.29, 0.717) is 10.8 Å². The molecular formula is C18H24N6O4S. The molecule has 0 unspecified atom stereocenters. The molecule has 10 nitrogen and oxygen atoms in total. The summed E-state index contributed by atoms with van der Waals surface area (Å²) in [6, 6.07) is 6.18. The zero-order valence-electron chi connectivity index (χ0n) is 16.0. The quantitative estimate of drug-likeness (QED) is 0.337. The maximum atomic E-state index is 12.3. The molecule has 0 bridgehead atoms. The Hall–Kier alpha value is -3.05. The van der Waals surface area contributed by atoms with Crippen LogP contribution in [0, 0.1) is 0 Å². The minimum absolute atomic E-state index is 0.0259. The second-order valence-electron chi connectivity index (χ2n) is 6.34. The first-order valence-electron chi connectivity index (χ1n) is 9.05. The van der Waals surface area contributed by atoms with E-state index in [1.54, 1.807) is 31.3 Å². The molecule has 1 atom stereocenters. The van der Waals surface area contributed by atoms with Gasteiger partial charge in [0, 0.05) is 24.8 Å². The van der Waals surface area contributed by atoms with Gasteiger partial charge in [0.1, 0.15) is 0 Å². The molecule has 1 aromatic rings. The van der Waals surface area contributed by atoms with Crippen LogP contribution in [-0.2, 0) is 19.2 Å². The van der Waals surface area contributed by atoms with Crippen molar-refractivity contribution in [3.05, 3.63) is 24.3 Å². The highest BCUT2D eigenvalue weighted by Crippen LogP contribution is 2.13. The van der Waals surface area contributed by atoms with E-state index >= 15 is 0 Å². The Bertz CT molecular complexity index is 763. The van der Waals surface area contributed by atoms with Crippen LogP contribution < -0.4 is 31.9 Å². The van der Waals surface area contributed by atoms with Gasteiger partial charge in [0.2, 0.25) is 17.7 Å². The van der Waals surface area contributed by atoms with Gasteiger partial charge < -0.3 is 26.6 Å². The zero-order valence-corrected chi connectivity index (χ0v) is 16.8. The molecule has 0 spiro atoms. The summed E-state index contributed by atoms with van der Waals surface area (Å²) in [5.41, 5.74) is 1.33. The van der Waals surface area contributed by atoms with Gasteiger partial charge in [-0.1, -0.05) is 0 Å². The number of hydrogen-bond donors (Lipinski definition) is 6. The van der Waals surface area contributed by atoms with Gasteiger partial charge in [-0.05, 0) is 42.9 Å². The standard InChI is InChI=1S/C18H24N6O4S/c1-19-18(29)24-12-4-2-11(3-5-12)23-16(27)10-22-17(28)14-6-7-15(26)21-9-13(25)8-20-14/h2-5,14,20H,6-10H2,1H3,(H,21,26)(H,22,28)(H,23,27)(H2,19,24,29)/t14-/m0/s1. The molecule has 1 heterocycles. The fraction of sp³-hybridized carbons (Fsp3) is 0.389. The van der Waals surface area contributed by atoms with Crippen LogP contribution in [-0.4, -0.2) is 61.3 Å². The average molecular weight is 420 g/mol. The smallest absolute Gasteiger partial charge is 0.243 e. The maximum absolute atomic E-state index is 12.3. The van der Waals surface area contributed by atoms with Gasteiger partial charge in [0.15, 0.2) is 10.9 Å². The summed E-state index contributed by atoms with van der Waals surface area (Å²) < 4.78 is 0. The van der Waals surface area contributed by atoms with Gasteiger partial charge in [-0.25, -0.2) is 0 Å². The number of carbonyl (C=O) groups excluding carboxylic acids is 4. The van der Waals surface area contributed by atoms with E-state index in [9.17, 15) is 19.2 Å². The van der Waals surface area contributed by atoms with Gasteiger partial charge in [-0.3, -0.25) is 24.5 Å². The number of anilines is 2. The third-order valence-electron chi connectivity index (χ3n) is 4.08. The van der Waals surface area contributed by atoms with Crippen molar-refractivity contribution in [2.75, 3.05) is 37.3 Å². The number of rotatable bonds is 5. The van der Waals surface area contributed by atoms with E-state index in [1.165, 1.54) is 0 Å². The number of thiocarbonyl (C=S) groups is 1. The normalized spacial score (nSPS) is 17.1. The molecule has 0 saturated carbocycles. The first-order chi connectivity index (χ1) is 13.9. The lowest BCUT2D eigenvalue weighted by molar-refractivity contribution is -0.126. The Balaban J connectivity index is 1.81. The monoisotopic (exact) mass is 420 g/mol. The van der Waals surface area contributed by atoms with E-state index in [4.69, 9.17) is 12.2 Å². The second kappa shape index (κ2) is 11.1. The van der Waals surface area contributed by atoms with Gasteiger partial charge in [0.05, 0.1) is 25.7 Å². The molecule has 3 amide bonds. The Morgan fingerprint density at radius 1 is 1.10 bits per heavy atom. The summed E-state index contributed by atoms with van der Waals surface area (Å²) in [4.78, 5) is 47.5. The van der Waals surface area contributed by atoms with Crippen LogP contribution in [0.1, 0.15) is 12.8 Å². The van der Waals surface area contributed by atoms with Crippen molar-refractivity contribution in [3.8, 4) is 0 Å². The van der Waals surface area contributed by atoms with Crippen LogP contribution in [0.3, 0.4) is 0 Å². The molecule has 1 aliphatic rings. The number of amides is 3. The van der Waals surface area contributed by atoms with E-state index in [2.05, 4.69) is 31.9 Å². The fourth-order valence-corrected chi connectivity index (χ4v) is 2.63. The predicted molar refractivity (Wildman–Crippen MR) is 112 cm³/mol. The second-order valence-corrected chi connectivity index (χ2v) is 6.74. The molecular weight excluding hydrogens is 396 g/mol. The van der Waals surface area contributed by atoms with Crippen molar-refractivity contribution in [2.45, 2.75) is 18.9 Å². The molecule has 1 aromatic carbocycles. The van der Waals surface area contributed by atoms with E-state index in [-0.39, 0.29) is 44.2 Å². The first-order valence-corrected chi connectivity index (χ1v) is 9.46. The van der Waals surface area contributed by atoms with E-state index in [0.717, 1.165) is 5.69 Å². The van der Waals surface area contributed by atoms with Crippen molar-refractivity contribution in [2.24, 2.45) is 0 Å². The maximum Gasteiger partial charge on any atom is 0.243 e. The Kier molecular flexibility index (Phi) is 8.49. The van der Waals surface area contributed by atoms with Crippen LogP contribution in [0.2, 0.25) is 0 Å². The van der Waals surface area contributed by atoms with Crippen molar-refractivity contribution >= 4 is 52.2 Å². The minimum atomic E-state index is -0.725. The molecule has 0 aliphatic carbocycles. The van der Waals surface area contributed by atoms with Crippen LogP contribution in [0.5, 0.6) is 0 Å². The molecule has 1 aliphatic heterocycles. The number of Topliss-reactive ketones (excluding diaryl/α,β-unsaturated/α-hetero) is 1. The van der Waals surface area contributed by atoms with Crippen LogP contribution in [0.25, 0.3) is 0 Å². The molecule has 1 fully saturated rings. The summed E-state index contributed by atoms with van der Waals surface area (Å²) in [5.74, 6) is -1.35. The largest absolute Gasteiger partial charge is 0.366 e. The lowest BCUT2D eigenvalue weighted by Crippen LogP contribution is -2.47. The molecule has 0 radical (unpaired) electrons. The number of ketones is 1. The minimum Gasteiger partial charge on any atom is -0.366 e. The summed E-state index contributed by atoms with van der Waals surface area (Å²) in [5, 5.41) is 16.7. The molecule has 1 saturated heterocycles. The Labute approximate surface area is 173 Å². The lowest BCUT2D eigenvalue weighted by Gasteiger charge is -2.16.